The van der Waals surface area contributed by atoms with Gasteiger partial charge in [0.15, 0.2) is 41.3 Å². The first kappa shape index (κ1) is 35.2. The molecule has 3 aromatic rings. The van der Waals surface area contributed by atoms with Crippen molar-refractivity contribution in [1.29, 1.82) is 0 Å². The summed E-state index contributed by atoms with van der Waals surface area (Å²) in [5.74, 6) is -3.66. The van der Waals surface area contributed by atoms with Crippen molar-refractivity contribution in [3.05, 3.63) is 65.2 Å². The molecule has 0 amide bonds. The highest BCUT2D eigenvalue weighted by atomic mass is 16.6. The summed E-state index contributed by atoms with van der Waals surface area (Å²) in [6.07, 6.45) is -4.53. The Hall–Kier alpha value is -6.12. The molecule has 50 heavy (non-hydrogen) atoms. The smallest absolute Gasteiger partial charge is 0.308 e. The second-order valence-electron chi connectivity index (χ2n) is 11.1. The van der Waals surface area contributed by atoms with Crippen LogP contribution in [0.1, 0.15) is 68.3 Å². The van der Waals surface area contributed by atoms with Crippen molar-refractivity contribution >= 4 is 35.6 Å². The van der Waals surface area contributed by atoms with Gasteiger partial charge in [0.1, 0.15) is 29.4 Å². The molecule has 2 aliphatic rings. The van der Waals surface area contributed by atoms with Crippen molar-refractivity contribution in [2.45, 2.75) is 59.0 Å². The van der Waals surface area contributed by atoms with E-state index in [9.17, 15) is 28.8 Å². The van der Waals surface area contributed by atoms with E-state index >= 15 is 0 Å². The molecular weight excluding hydrogens is 660 g/mol. The zero-order valence-corrected chi connectivity index (χ0v) is 27.8. The average Bonchev–Trinajstić information content (AvgIpc) is 3.03. The summed E-state index contributed by atoms with van der Waals surface area (Å²) < 4.78 is 50.6. The molecule has 0 unspecified atom stereocenters. The van der Waals surface area contributed by atoms with Gasteiger partial charge >= 0.3 is 29.8 Å². The Kier molecular flexibility index (Phi) is 10.2. The Balaban J connectivity index is 1.56. The van der Waals surface area contributed by atoms with Gasteiger partial charge in [0.25, 0.3) is 0 Å². The molecule has 5 rings (SSSR count). The zero-order chi connectivity index (χ0) is 36.3. The van der Waals surface area contributed by atoms with Crippen LogP contribution in [0.25, 0.3) is 0 Å². The number of hydrogen-bond donors (Lipinski definition) is 0. The molecule has 262 valence electrons. The topological polar surface area (TPSA) is 185 Å². The Morgan fingerprint density at radius 1 is 0.620 bits per heavy atom. The zero-order valence-electron chi connectivity index (χ0n) is 27.8. The number of benzene rings is 3. The van der Waals surface area contributed by atoms with Gasteiger partial charge in [-0.05, 0) is 24.3 Å². The van der Waals surface area contributed by atoms with E-state index < -0.39 is 60.0 Å². The highest BCUT2D eigenvalue weighted by molar-refractivity contribution is 6.07. The molecule has 0 fully saturated rings. The third-order valence-electron chi connectivity index (χ3n) is 7.27. The summed E-state index contributed by atoms with van der Waals surface area (Å²) in [6, 6.07) is 11.8. The number of Topliss-reactive ketones (excluding diaryl/α,β-unsaturated/α-hetero) is 1. The van der Waals surface area contributed by atoms with E-state index in [-0.39, 0.29) is 52.4 Å². The molecule has 2 heterocycles. The van der Waals surface area contributed by atoms with Crippen molar-refractivity contribution in [1.82, 2.24) is 0 Å². The minimum absolute atomic E-state index is 0.0658. The number of methoxy groups -OCH3 is 1. The fourth-order valence-electron chi connectivity index (χ4n) is 5.41. The van der Waals surface area contributed by atoms with E-state index in [2.05, 4.69) is 0 Å². The van der Waals surface area contributed by atoms with Gasteiger partial charge in [-0.3, -0.25) is 28.8 Å². The van der Waals surface area contributed by atoms with Gasteiger partial charge in [-0.25, -0.2) is 0 Å². The van der Waals surface area contributed by atoms with Crippen molar-refractivity contribution in [2.75, 3.05) is 13.7 Å². The molecule has 0 saturated carbocycles. The van der Waals surface area contributed by atoms with Crippen molar-refractivity contribution in [3.8, 4) is 40.2 Å². The largest absolute Gasteiger partial charge is 0.493 e. The Labute approximate surface area is 285 Å². The maximum atomic E-state index is 13.9. The maximum absolute atomic E-state index is 13.9. The van der Waals surface area contributed by atoms with Crippen LogP contribution in [0.5, 0.6) is 40.2 Å². The van der Waals surface area contributed by atoms with Gasteiger partial charge in [0.2, 0.25) is 11.9 Å². The van der Waals surface area contributed by atoms with Crippen LogP contribution < -0.4 is 33.2 Å². The molecule has 2 aliphatic heterocycles. The van der Waals surface area contributed by atoms with Gasteiger partial charge in [-0.1, -0.05) is 12.1 Å². The number of carbonyl (C=O) groups excluding carboxylic acids is 6. The molecule has 15 nitrogen and oxygen atoms in total. The number of esters is 5. The number of hydrogen-bond acceptors (Lipinski definition) is 15. The molecule has 4 atom stereocenters. The SMILES string of the molecule is COc1cc([C@@H]2Oc3cc([C@H]4Oc5cc(OC(C)=O)cc(OC(C)=O)c5C(=O)[C@H]4OC(C)=O)ccc3O[C@@H]2COC(C)=O)ccc1OC(C)=O. The summed E-state index contributed by atoms with van der Waals surface area (Å²) in [7, 11) is 1.40. The lowest BCUT2D eigenvalue weighted by atomic mass is 9.92. The fourth-order valence-corrected chi connectivity index (χ4v) is 5.41. The lowest BCUT2D eigenvalue weighted by Crippen LogP contribution is -2.40. The summed E-state index contributed by atoms with van der Waals surface area (Å²) in [6.45, 7) is 5.73. The van der Waals surface area contributed by atoms with Crippen LogP contribution in [0.2, 0.25) is 0 Å². The van der Waals surface area contributed by atoms with Crippen molar-refractivity contribution in [2.24, 2.45) is 0 Å². The van der Waals surface area contributed by atoms with E-state index in [1.807, 2.05) is 0 Å². The normalized spacial score (nSPS) is 18.8. The van der Waals surface area contributed by atoms with Gasteiger partial charge in [-0.2, -0.15) is 0 Å². The van der Waals surface area contributed by atoms with Gasteiger partial charge in [0, 0.05) is 57.9 Å². The van der Waals surface area contributed by atoms with Gasteiger partial charge < -0.3 is 42.6 Å². The predicted octanol–water partition coefficient (Wildman–Crippen LogP) is 4.16. The molecule has 0 bridgehead atoms. The van der Waals surface area contributed by atoms with Crippen LogP contribution in [-0.2, 0) is 33.4 Å². The Bertz CT molecular complexity index is 1880. The van der Waals surface area contributed by atoms with Crippen molar-refractivity contribution in [3.63, 3.8) is 0 Å². The minimum atomic E-state index is -1.54. The lowest BCUT2D eigenvalue weighted by Gasteiger charge is -2.36. The average molecular weight is 693 g/mol. The third kappa shape index (κ3) is 7.77. The van der Waals surface area contributed by atoms with Crippen LogP contribution in [0.3, 0.4) is 0 Å². The first-order valence-electron chi connectivity index (χ1n) is 15.1. The highest BCUT2D eigenvalue weighted by Gasteiger charge is 2.44. The summed E-state index contributed by atoms with van der Waals surface area (Å²) in [4.78, 5) is 73.0. The first-order chi connectivity index (χ1) is 23.7. The number of rotatable bonds is 9. The van der Waals surface area contributed by atoms with E-state index in [0.29, 0.717) is 11.1 Å². The van der Waals surface area contributed by atoms with Crippen LogP contribution in [0.4, 0.5) is 0 Å². The fraction of sp³-hybridized carbons (Fsp3) is 0.314. The van der Waals surface area contributed by atoms with E-state index in [1.54, 1.807) is 24.3 Å². The molecule has 0 spiro atoms. The quantitative estimate of drug-likeness (QED) is 0.230. The number of ketones is 1. The second kappa shape index (κ2) is 14.6. The maximum Gasteiger partial charge on any atom is 0.308 e. The number of ether oxygens (including phenoxy) is 9. The molecular formula is C35H32O15. The molecule has 0 N–H and O–H groups in total. The number of carbonyl (C=O) groups is 6. The van der Waals surface area contributed by atoms with Crippen LogP contribution >= 0.6 is 0 Å². The van der Waals surface area contributed by atoms with E-state index in [0.717, 1.165) is 13.8 Å². The monoisotopic (exact) mass is 692 g/mol. The van der Waals surface area contributed by atoms with E-state index in [4.69, 9.17) is 42.6 Å². The summed E-state index contributed by atoms with van der Waals surface area (Å²) in [5, 5.41) is 0. The van der Waals surface area contributed by atoms with Crippen LogP contribution in [0, 0.1) is 0 Å². The standard InChI is InChI=1S/C35H32O15/c1-16(36)43-15-30-33(21-7-9-24(45-18(3)38)26(11-21)42-6)49-27-12-22(8-10-25(27)48-30)34-35(47-20(5)40)32(41)31-28(46-19(4)39)13-23(44-17(2)37)14-29(31)50-34/h7-14,30,33-35H,15H2,1-6H3/t30-,33+,34-,35-/m1/s1. The molecule has 0 saturated heterocycles. The molecule has 0 aromatic heterocycles. The van der Waals surface area contributed by atoms with E-state index in [1.165, 1.54) is 52.1 Å². The predicted molar refractivity (Wildman–Crippen MR) is 167 cm³/mol. The van der Waals surface area contributed by atoms with Gasteiger partial charge in [0.05, 0.1) is 7.11 Å². The molecule has 0 aliphatic carbocycles. The van der Waals surface area contributed by atoms with Gasteiger partial charge in [-0.15, -0.1) is 0 Å². The molecule has 3 aromatic carbocycles. The molecule has 0 radical (unpaired) electrons. The summed E-state index contributed by atoms with van der Waals surface area (Å²) in [5.41, 5.74) is 0.623. The van der Waals surface area contributed by atoms with Crippen LogP contribution in [0.15, 0.2) is 48.5 Å². The first-order valence-corrected chi connectivity index (χ1v) is 15.1. The minimum Gasteiger partial charge on any atom is -0.493 e. The lowest BCUT2D eigenvalue weighted by molar-refractivity contribution is -0.149. The highest BCUT2D eigenvalue weighted by Crippen LogP contribution is 2.47. The molecule has 15 heteroatoms. The Morgan fingerprint density at radius 2 is 1.26 bits per heavy atom. The van der Waals surface area contributed by atoms with Crippen molar-refractivity contribution < 1.29 is 71.4 Å². The number of fused-ring (bicyclic) bond motifs is 2. The Morgan fingerprint density at radius 3 is 1.90 bits per heavy atom. The van der Waals surface area contributed by atoms with Crippen LogP contribution in [-0.4, -0.2) is 61.6 Å². The summed E-state index contributed by atoms with van der Waals surface area (Å²) >= 11 is 0. The third-order valence-corrected chi connectivity index (χ3v) is 7.27. The second-order valence-corrected chi connectivity index (χ2v) is 11.1.